The number of anilines is 1. The minimum Gasteiger partial charge on any atom is -0.476 e. The van der Waals surface area contributed by atoms with E-state index in [4.69, 9.17) is 4.74 Å². The van der Waals surface area contributed by atoms with Gasteiger partial charge in [0, 0.05) is 5.54 Å². The third kappa shape index (κ3) is 5.03. The zero-order valence-corrected chi connectivity index (χ0v) is 19.8. The fraction of sp³-hybridized carbons (Fsp3) is 0.269. The van der Waals surface area contributed by atoms with E-state index in [1.807, 2.05) is 57.2 Å². The number of carbonyl (C=O) groups excluding carboxylic acids is 1. The van der Waals surface area contributed by atoms with Crippen LogP contribution in [0, 0.1) is 6.92 Å². The Morgan fingerprint density at radius 3 is 2.33 bits per heavy atom. The van der Waals surface area contributed by atoms with Crippen LogP contribution >= 0.6 is 0 Å². The van der Waals surface area contributed by atoms with E-state index in [1.54, 1.807) is 42.5 Å². The van der Waals surface area contributed by atoms with Gasteiger partial charge in [-0.05, 0) is 62.6 Å². The molecular weight excluding hydrogens is 436 g/mol. The molecule has 1 N–H and O–H groups in total. The molecule has 0 aliphatic carbocycles. The van der Waals surface area contributed by atoms with Gasteiger partial charge in [0.05, 0.1) is 17.1 Å². The number of rotatable bonds is 6. The number of nitrogens with one attached hydrogen (secondary N) is 1. The number of sulfonamides is 1. The van der Waals surface area contributed by atoms with Crippen LogP contribution in [0.4, 0.5) is 5.69 Å². The number of hydrogen-bond donors (Lipinski definition) is 1. The third-order valence-corrected chi connectivity index (χ3v) is 7.35. The Labute approximate surface area is 195 Å². The Balaban J connectivity index is 1.61. The summed E-state index contributed by atoms with van der Waals surface area (Å²) in [6.07, 6.45) is -0.345. The van der Waals surface area contributed by atoms with Crippen molar-refractivity contribution in [3.8, 4) is 5.75 Å². The number of ether oxygens (including phenoxy) is 1. The van der Waals surface area contributed by atoms with Crippen molar-refractivity contribution in [3.63, 3.8) is 0 Å². The summed E-state index contributed by atoms with van der Waals surface area (Å²) < 4.78 is 34.3. The average molecular weight is 465 g/mol. The largest absolute Gasteiger partial charge is 0.476 e. The normalized spacial score (nSPS) is 16.0. The van der Waals surface area contributed by atoms with E-state index < -0.39 is 21.7 Å². The molecule has 0 saturated heterocycles. The predicted molar refractivity (Wildman–Crippen MR) is 129 cm³/mol. The summed E-state index contributed by atoms with van der Waals surface area (Å²) in [4.78, 5) is 13.4. The SMILES string of the molecule is Cc1ccc2c(c1)N(S(=O)(=O)c1ccccc1)C[C@@H](C(=O)NC(C)(C)Cc1ccccc1)O2. The fourth-order valence-corrected chi connectivity index (χ4v) is 5.50. The van der Waals surface area contributed by atoms with E-state index in [2.05, 4.69) is 5.32 Å². The van der Waals surface area contributed by atoms with Crippen LogP contribution < -0.4 is 14.4 Å². The van der Waals surface area contributed by atoms with Crippen LogP contribution in [-0.2, 0) is 21.2 Å². The summed E-state index contributed by atoms with van der Waals surface area (Å²) >= 11 is 0. The molecule has 0 spiro atoms. The lowest BCUT2D eigenvalue weighted by Gasteiger charge is -2.36. The molecule has 1 heterocycles. The van der Waals surface area contributed by atoms with Gasteiger partial charge < -0.3 is 10.1 Å². The predicted octanol–water partition coefficient (Wildman–Crippen LogP) is 4.09. The second kappa shape index (κ2) is 8.90. The first-order chi connectivity index (χ1) is 15.7. The van der Waals surface area contributed by atoms with Gasteiger partial charge in [-0.1, -0.05) is 54.6 Å². The van der Waals surface area contributed by atoms with Gasteiger partial charge in [-0.2, -0.15) is 0 Å². The molecule has 1 aliphatic heterocycles. The van der Waals surface area contributed by atoms with Gasteiger partial charge in [0.1, 0.15) is 5.75 Å². The van der Waals surface area contributed by atoms with Gasteiger partial charge in [-0.15, -0.1) is 0 Å². The van der Waals surface area contributed by atoms with Crippen molar-refractivity contribution in [2.45, 2.75) is 43.7 Å². The first-order valence-corrected chi connectivity index (χ1v) is 12.3. The maximum Gasteiger partial charge on any atom is 0.264 e. The van der Waals surface area contributed by atoms with Crippen molar-refractivity contribution in [2.24, 2.45) is 0 Å². The van der Waals surface area contributed by atoms with E-state index >= 15 is 0 Å². The monoisotopic (exact) mass is 464 g/mol. The van der Waals surface area contributed by atoms with Crippen molar-refractivity contribution in [3.05, 3.63) is 90.0 Å². The summed E-state index contributed by atoms with van der Waals surface area (Å²) in [6.45, 7) is 5.66. The van der Waals surface area contributed by atoms with Gasteiger partial charge in [0.25, 0.3) is 15.9 Å². The van der Waals surface area contributed by atoms with Crippen LogP contribution in [0.15, 0.2) is 83.8 Å². The minimum atomic E-state index is -3.88. The highest BCUT2D eigenvalue weighted by atomic mass is 32.2. The summed E-state index contributed by atoms with van der Waals surface area (Å²) in [5.41, 5.74) is 1.89. The number of aryl methyl sites for hydroxylation is 1. The fourth-order valence-electron chi connectivity index (χ4n) is 4.01. The second-order valence-electron chi connectivity index (χ2n) is 8.96. The lowest BCUT2D eigenvalue weighted by atomic mass is 9.94. The molecular formula is C26H28N2O4S. The summed E-state index contributed by atoms with van der Waals surface area (Å²) in [5, 5.41) is 3.04. The highest BCUT2D eigenvalue weighted by molar-refractivity contribution is 7.92. The zero-order valence-electron chi connectivity index (χ0n) is 19.0. The van der Waals surface area contributed by atoms with Crippen LogP contribution in [0.1, 0.15) is 25.0 Å². The highest BCUT2D eigenvalue weighted by Gasteiger charge is 2.38. The van der Waals surface area contributed by atoms with Crippen molar-refractivity contribution in [1.82, 2.24) is 5.32 Å². The van der Waals surface area contributed by atoms with E-state index in [0.717, 1.165) is 11.1 Å². The maximum atomic E-state index is 13.5. The van der Waals surface area contributed by atoms with E-state index in [1.165, 1.54) is 4.31 Å². The minimum absolute atomic E-state index is 0.110. The number of nitrogens with zero attached hydrogens (tertiary/aromatic N) is 1. The topological polar surface area (TPSA) is 75.7 Å². The molecule has 0 fully saturated rings. The Hall–Kier alpha value is -3.32. The number of carbonyl (C=O) groups is 1. The van der Waals surface area contributed by atoms with Crippen LogP contribution in [0.25, 0.3) is 0 Å². The molecule has 0 unspecified atom stereocenters. The lowest BCUT2D eigenvalue weighted by Crippen LogP contribution is -2.55. The maximum absolute atomic E-state index is 13.5. The Morgan fingerprint density at radius 1 is 1.03 bits per heavy atom. The molecule has 1 amide bonds. The van der Waals surface area contributed by atoms with E-state index in [0.29, 0.717) is 17.9 Å². The number of benzene rings is 3. The molecule has 1 aliphatic rings. The first-order valence-electron chi connectivity index (χ1n) is 10.9. The van der Waals surface area contributed by atoms with Crippen molar-refractivity contribution < 1.29 is 17.9 Å². The summed E-state index contributed by atoms with van der Waals surface area (Å²) in [6, 6.07) is 23.5. The van der Waals surface area contributed by atoms with Crippen LogP contribution in [0.2, 0.25) is 0 Å². The van der Waals surface area contributed by atoms with Gasteiger partial charge in [0.2, 0.25) is 0 Å². The quantitative estimate of drug-likeness (QED) is 0.596. The number of fused-ring (bicyclic) bond motifs is 1. The Kier molecular flexibility index (Phi) is 6.17. The summed E-state index contributed by atoms with van der Waals surface area (Å²) in [5.74, 6) is 0.0165. The molecule has 7 heteroatoms. The first kappa shape index (κ1) is 22.9. The third-order valence-electron chi connectivity index (χ3n) is 5.56. The molecule has 3 aromatic rings. The standard InChI is InChI=1S/C26H28N2O4S/c1-19-14-15-23-22(16-19)28(33(30,31)21-12-8-5-9-13-21)18-24(32-23)25(29)27-26(2,3)17-20-10-6-4-7-11-20/h4-16,24H,17-18H2,1-3H3,(H,27,29)/t24-/m0/s1. The van der Waals surface area contributed by atoms with E-state index in [-0.39, 0.29) is 17.3 Å². The molecule has 33 heavy (non-hydrogen) atoms. The highest BCUT2D eigenvalue weighted by Crippen LogP contribution is 2.37. The molecule has 6 nitrogen and oxygen atoms in total. The molecule has 1 atom stereocenters. The second-order valence-corrected chi connectivity index (χ2v) is 10.8. The number of hydrogen-bond acceptors (Lipinski definition) is 4. The molecule has 3 aromatic carbocycles. The van der Waals surface area contributed by atoms with Gasteiger partial charge in [-0.25, -0.2) is 8.42 Å². The van der Waals surface area contributed by atoms with Crippen LogP contribution in [0.3, 0.4) is 0 Å². The molecule has 0 bridgehead atoms. The van der Waals surface area contributed by atoms with Crippen LogP contribution in [-0.4, -0.2) is 32.5 Å². The Morgan fingerprint density at radius 2 is 1.67 bits per heavy atom. The average Bonchev–Trinajstić information content (AvgIpc) is 2.79. The summed E-state index contributed by atoms with van der Waals surface area (Å²) in [7, 11) is -3.88. The van der Waals surface area contributed by atoms with Crippen molar-refractivity contribution in [1.29, 1.82) is 0 Å². The smallest absolute Gasteiger partial charge is 0.264 e. The van der Waals surface area contributed by atoms with Crippen molar-refractivity contribution in [2.75, 3.05) is 10.8 Å². The molecule has 0 saturated carbocycles. The lowest BCUT2D eigenvalue weighted by molar-refractivity contribution is -0.129. The Bertz CT molecular complexity index is 1240. The van der Waals surface area contributed by atoms with Crippen LogP contribution in [0.5, 0.6) is 5.75 Å². The molecule has 0 radical (unpaired) electrons. The van der Waals surface area contributed by atoms with E-state index in [9.17, 15) is 13.2 Å². The molecule has 4 rings (SSSR count). The van der Waals surface area contributed by atoms with Gasteiger partial charge in [0.15, 0.2) is 6.10 Å². The molecule has 0 aromatic heterocycles. The number of amides is 1. The van der Waals surface area contributed by atoms with Crippen molar-refractivity contribution >= 4 is 21.6 Å². The zero-order chi connectivity index (χ0) is 23.6. The molecule has 172 valence electrons. The van der Waals surface area contributed by atoms with Gasteiger partial charge >= 0.3 is 0 Å². The van der Waals surface area contributed by atoms with Gasteiger partial charge in [-0.3, -0.25) is 9.10 Å².